The lowest BCUT2D eigenvalue weighted by atomic mass is 9.96. The van der Waals surface area contributed by atoms with Gasteiger partial charge in [-0.3, -0.25) is 4.68 Å². The maximum absolute atomic E-state index is 4.38. The van der Waals surface area contributed by atoms with Crippen LogP contribution in [-0.4, -0.2) is 26.3 Å². The molecule has 5 nitrogen and oxygen atoms in total. The Morgan fingerprint density at radius 3 is 3.05 bits per heavy atom. The highest BCUT2D eigenvalue weighted by Crippen LogP contribution is 2.24. The summed E-state index contributed by atoms with van der Waals surface area (Å²) in [7, 11) is 0. The Labute approximate surface area is 113 Å². The minimum Gasteiger partial charge on any atom is -0.370 e. The summed E-state index contributed by atoms with van der Waals surface area (Å²) in [6.07, 6.45) is 11.2. The molecule has 0 aromatic carbocycles. The number of aromatic nitrogens is 4. The van der Waals surface area contributed by atoms with E-state index in [4.69, 9.17) is 0 Å². The molecule has 2 heterocycles. The van der Waals surface area contributed by atoms with Crippen molar-refractivity contribution in [3.8, 4) is 0 Å². The van der Waals surface area contributed by atoms with Gasteiger partial charge in [-0.05, 0) is 38.2 Å². The van der Waals surface area contributed by atoms with E-state index in [1.807, 2.05) is 23.1 Å². The normalized spacial score (nSPS) is 14.1. The molecular formula is C14H19N5. The smallest absolute Gasteiger partial charge is 0.132 e. The Hall–Kier alpha value is -1.91. The van der Waals surface area contributed by atoms with E-state index in [9.17, 15) is 0 Å². The zero-order valence-electron chi connectivity index (χ0n) is 11.0. The standard InChI is InChI=1S/C14H19N5/c1-2-6-13-12(5-1)14(17-11-16-13)15-7-3-9-19-10-4-8-18-19/h4,8,10-11H,1-3,5-7,9H2,(H,15,16,17). The first-order valence-corrected chi connectivity index (χ1v) is 6.97. The average Bonchev–Trinajstić information content (AvgIpc) is 2.97. The molecule has 0 unspecified atom stereocenters. The van der Waals surface area contributed by atoms with Crippen LogP contribution in [-0.2, 0) is 19.4 Å². The van der Waals surface area contributed by atoms with Crippen molar-refractivity contribution < 1.29 is 0 Å². The van der Waals surface area contributed by atoms with Crippen molar-refractivity contribution in [3.63, 3.8) is 0 Å². The van der Waals surface area contributed by atoms with Gasteiger partial charge in [0.15, 0.2) is 0 Å². The van der Waals surface area contributed by atoms with Crippen molar-refractivity contribution >= 4 is 5.82 Å². The van der Waals surface area contributed by atoms with Crippen LogP contribution >= 0.6 is 0 Å². The maximum atomic E-state index is 4.38. The van der Waals surface area contributed by atoms with E-state index in [-0.39, 0.29) is 0 Å². The lowest BCUT2D eigenvalue weighted by Gasteiger charge is -2.17. The lowest BCUT2D eigenvalue weighted by molar-refractivity contribution is 0.590. The highest BCUT2D eigenvalue weighted by atomic mass is 15.3. The van der Waals surface area contributed by atoms with E-state index in [0.717, 1.165) is 38.2 Å². The molecule has 2 aromatic heterocycles. The Kier molecular flexibility index (Phi) is 3.72. The maximum Gasteiger partial charge on any atom is 0.132 e. The van der Waals surface area contributed by atoms with Crippen LogP contribution in [0, 0.1) is 0 Å². The number of fused-ring (bicyclic) bond motifs is 1. The minimum absolute atomic E-state index is 0.920. The molecule has 3 rings (SSSR count). The second-order valence-corrected chi connectivity index (χ2v) is 4.90. The van der Waals surface area contributed by atoms with Gasteiger partial charge in [-0.15, -0.1) is 0 Å². The molecule has 1 aliphatic carbocycles. The molecule has 0 saturated heterocycles. The lowest BCUT2D eigenvalue weighted by Crippen LogP contribution is -2.14. The van der Waals surface area contributed by atoms with Crippen LogP contribution in [0.4, 0.5) is 5.82 Å². The van der Waals surface area contributed by atoms with Crippen LogP contribution in [0.25, 0.3) is 0 Å². The van der Waals surface area contributed by atoms with E-state index < -0.39 is 0 Å². The van der Waals surface area contributed by atoms with Crippen LogP contribution < -0.4 is 5.32 Å². The summed E-state index contributed by atoms with van der Waals surface area (Å²) >= 11 is 0. The number of rotatable bonds is 5. The van der Waals surface area contributed by atoms with Crippen molar-refractivity contribution in [1.82, 2.24) is 19.7 Å². The number of aryl methyl sites for hydroxylation is 2. The van der Waals surface area contributed by atoms with Crippen molar-refractivity contribution in [1.29, 1.82) is 0 Å². The molecule has 0 atom stereocenters. The van der Waals surface area contributed by atoms with Gasteiger partial charge in [0.25, 0.3) is 0 Å². The summed E-state index contributed by atoms with van der Waals surface area (Å²) in [6.45, 7) is 1.86. The van der Waals surface area contributed by atoms with Gasteiger partial charge in [-0.25, -0.2) is 9.97 Å². The fraction of sp³-hybridized carbons (Fsp3) is 0.500. The summed E-state index contributed by atoms with van der Waals surface area (Å²) in [5.41, 5.74) is 2.56. The van der Waals surface area contributed by atoms with E-state index in [0.29, 0.717) is 0 Å². The highest BCUT2D eigenvalue weighted by Gasteiger charge is 2.14. The third-order valence-corrected chi connectivity index (χ3v) is 3.54. The van der Waals surface area contributed by atoms with Gasteiger partial charge in [0.1, 0.15) is 12.1 Å². The van der Waals surface area contributed by atoms with E-state index in [2.05, 4.69) is 20.4 Å². The number of nitrogens with one attached hydrogen (secondary N) is 1. The van der Waals surface area contributed by atoms with E-state index >= 15 is 0 Å². The van der Waals surface area contributed by atoms with Crippen LogP contribution in [0.1, 0.15) is 30.5 Å². The summed E-state index contributed by atoms with van der Waals surface area (Å²) in [5.74, 6) is 1.03. The second kappa shape index (κ2) is 5.82. The summed E-state index contributed by atoms with van der Waals surface area (Å²) in [5, 5.41) is 7.64. The number of hydrogen-bond donors (Lipinski definition) is 1. The molecule has 0 bridgehead atoms. The molecule has 0 aliphatic heterocycles. The van der Waals surface area contributed by atoms with Crippen LogP contribution in [0.2, 0.25) is 0 Å². The quantitative estimate of drug-likeness (QED) is 0.833. The van der Waals surface area contributed by atoms with Gasteiger partial charge in [0, 0.05) is 36.7 Å². The molecule has 2 aromatic rings. The molecular weight excluding hydrogens is 238 g/mol. The Morgan fingerprint density at radius 1 is 1.21 bits per heavy atom. The summed E-state index contributed by atoms with van der Waals surface area (Å²) in [4.78, 5) is 8.77. The predicted molar refractivity (Wildman–Crippen MR) is 74.0 cm³/mol. The van der Waals surface area contributed by atoms with Gasteiger partial charge < -0.3 is 5.32 Å². The largest absolute Gasteiger partial charge is 0.370 e. The summed E-state index contributed by atoms with van der Waals surface area (Å²) < 4.78 is 1.96. The number of anilines is 1. The fourth-order valence-corrected chi connectivity index (χ4v) is 2.55. The molecule has 19 heavy (non-hydrogen) atoms. The fourth-order valence-electron chi connectivity index (χ4n) is 2.55. The van der Waals surface area contributed by atoms with Crippen molar-refractivity contribution in [2.45, 2.75) is 38.6 Å². The highest BCUT2D eigenvalue weighted by molar-refractivity contribution is 5.46. The molecule has 0 spiro atoms. The average molecular weight is 257 g/mol. The first-order valence-electron chi connectivity index (χ1n) is 6.97. The SMILES string of the molecule is c1cnn(CCCNc2ncnc3c2CCCC3)c1. The number of nitrogens with zero attached hydrogens (tertiary/aromatic N) is 4. The molecule has 1 aliphatic rings. The molecule has 1 N–H and O–H groups in total. The molecule has 5 heteroatoms. The zero-order chi connectivity index (χ0) is 12.9. The molecule has 0 fully saturated rings. The third kappa shape index (κ3) is 2.92. The first kappa shape index (κ1) is 12.1. The van der Waals surface area contributed by atoms with Crippen molar-refractivity contribution in [2.24, 2.45) is 0 Å². The third-order valence-electron chi connectivity index (χ3n) is 3.54. The molecule has 100 valence electrons. The van der Waals surface area contributed by atoms with Crippen molar-refractivity contribution in [2.75, 3.05) is 11.9 Å². The molecule has 0 amide bonds. The second-order valence-electron chi connectivity index (χ2n) is 4.90. The minimum atomic E-state index is 0.920. The molecule has 0 saturated carbocycles. The van der Waals surface area contributed by atoms with Gasteiger partial charge in [-0.2, -0.15) is 5.10 Å². The first-order chi connectivity index (χ1) is 9.43. The Morgan fingerprint density at radius 2 is 2.16 bits per heavy atom. The zero-order valence-corrected chi connectivity index (χ0v) is 11.0. The van der Waals surface area contributed by atoms with E-state index in [1.54, 1.807) is 6.33 Å². The van der Waals surface area contributed by atoms with Crippen LogP contribution in [0.15, 0.2) is 24.8 Å². The topological polar surface area (TPSA) is 55.6 Å². The van der Waals surface area contributed by atoms with Gasteiger partial charge in [0.2, 0.25) is 0 Å². The monoisotopic (exact) mass is 257 g/mol. The van der Waals surface area contributed by atoms with Crippen molar-refractivity contribution in [3.05, 3.63) is 36.0 Å². The Bertz CT molecular complexity index is 521. The van der Waals surface area contributed by atoms with Crippen LogP contribution in [0.3, 0.4) is 0 Å². The van der Waals surface area contributed by atoms with Crippen LogP contribution in [0.5, 0.6) is 0 Å². The van der Waals surface area contributed by atoms with E-state index in [1.165, 1.54) is 24.1 Å². The summed E-state index contributed by atoms with van der Waals surface area (Å²) in [6, 6.07) is 1.95. The number of hydrogen-bond acceptors (Lipinski definition) is 4. The van der Waals surface area contributed by atoms with Gasteiger partial charge in [-0.1, -0.05) is 0 Å². The predicted octanol–water partition coefficient (Wildman–Crippen LogP) is 2.05. The Balaban J connectivity index is 1.55. The van der Waals surface area contributed by atoms with Gasteiger partial charge in [0.05, 0.1) is 0 Å². The molecule has 0 radical (unpaired) electrons. The van der Waals surface area contributed by atoms with Gasteiger partial charge >= 0.3 is 0 Å².